The number of nitrogens with one attached hydrogen (secondary N) is 1. The second kappa shape index (κ2) is 12.1. The molecule has 0 bridgehead atoms. The van der Waals surface area contributed by atoms with Crippen molar-refractivity contribution in [2.45, 2.75) is 39.2 Å². The number of unbranched alkanes of at least 4 members (excludes halogenated alkanes) is 2. The number of benzene rings is 2. The van der Waals surface area contributed by atoms with Crippen molar-refractivity contribution in [2.75, 3.05) is 13.7 Å². The Bertz CT molecular complexity index is 809. The first-order valence-electron chi connectivity index (χ1n) is 9.59. The van der Waals surface area contributed by atoms with Crippen molar-refractivity contribution in [1.29, 1.82) is 0 Å². The number of nitrogens with zero attached hydrogens (tertiary/aromatic N) is 1. The quantitative estimate of drug-likeness (QED) is 0.291. The second-order valence-electron chi connectivity index (χ2n) is 6.41. The summed E-state index contributed by atoms with van der Waals surface area (Å²) in [5, 5.41) is 3.99. The normalized spacial score (nSPS) is 11.9. The second-order valence-corrected chi connectivity index (χ2v) is 7.26. The van der Waals surface area contributed by atoms with Gasteiger partial charge in [0.2, 0.25) is 0 Å². The van der Waals surface area contributed by atoms with Gasteiger partial charge in [-0.2, -0.15) is 5.10 Å². The molecule has 29 heavy (non-hydrogen) atoms. The third-order valence-corrected chi connectivity index (χ3v) is 4.83. The molecule has 0 radical (unpaired) electrons. The van der Waals surface area contributed by atoms with Gasteiger partial charge in [0.1, 0.15) is 17.2 Å². The lowest BCUT2D eigenvalue weighted by Crippen LogP contribution is -2.33. The summed E-state index contributed by atoms with van der Waals surface area (Å²) in [4.78, 5) is 12.2. The van der Waals surface area contributed by atoms with Crippen LogP contribution >= 0.6 is 15.9 Å². The fraction of sp³-hybridized carbons (Fsp3) is 0.364. The summed E-state index contributed by atoms with van der Waals surface area (Å²) in [6.07, 6.45) is 4.21. The Morgan fingerprint density at radius 1 is 1.14 bits per heavy atom. The zero-order chi connectivity index (χ0) is 21.1. The van der Waals surface area contributed by atoms with E-state index in [4.69, 9.17) is 14.2 Å². The van der Waals surface area contributed by atoms with Crippen LogP contribution < -0.4 is 19.6 Å². The molecular weight excluding hydrogens is 436 g/mol. The van der Waals surface area contributed by atoms with Crippen molar-refractivity contribution in [3.8, 4) is 17.2 Å². The van der Waals surface area contributed by atoms with Crippen LogP contribution in [0.3, 0.4) is 0 Å². The molecule has 0 saturated heterocycles. The van der Waals surface area contributed by atoms with E-state index in [0.29, 0.717) is 18.1 Å². The molecule has 0 aliphatic rings. The third-order valence-electron chi connectivity index (χ3n) is 4.10. The van der Waals surface area contributed by atoms with Gasteiger partial charge in [0.25, 0.3) is 5.91 Å². The van der Waals surface area contributed by atoms with E-state index in [-0.39, 0.29) is 5.91 Å². The molecule has 2 aromatic carbocycles. The van der Waals surface area contributed by atoms with E-state index in [1.165, 1.54) is 0 Å². The summed E-state index contributed by atoms with van der Waals surface area (Å²) in [5.74, 6) is 1.74. The van der Waals surface area contributed by atoms with Gasteiger partial charge in [-0.1, -0.05) is 35.7 Å². The predicted octanol–water partition coefficient (Wildman–Crippen LogP) is 4.94. The summed E-state index contributed by atoms with van der Waals surface area (Å²) in [5.41, 5.74) is 3.27. The van der Waals surface area contributed by atoms with Crippen LogP contribution in [-0.2, 0) is 4.79 Å². The molecule has 6 nitrogen and oxygen atoms in total. The summed E-state index contributed by atoms with van der Waals surface area (Å²) < 4.78 is 17.4. The molecule has 0 fully saturated rings. The molecule has 1 amide bonds. The van der Waals surface area contributed by atoms with Crippen molar-refractivity contribution in [2.24, 2.45) is 5.10 Å². The Morgan fingerprint density at radius 2 is 1.83 bits per heavy atom. The number of hydrogen-bond acceptors (Lipinski definition) is 5. The highest BCUT2D eigenvalue weighted by Gasteiger charge is 2.14. The van der Waals surface area contributed by atoms with E-state index in [9.17, 15) is 4.79 Å². The average molecular weight is 463 g/mol. The van der Waals surface area contributed by atoms with Crippen LogP contribution in [0.15, 0.2) is 52.0 Å². The van der Waals surface area contributed by atoms with Crippen LogP contribution in [-0.4, -0.2) is 31.9 Å². The van der Waals surface area contributed by atoms with Crippen LogP contribution in [0.1, 0.15) is 38.7 Å². The van der Waals surface area contributed by atoms with Crippen molar-refractivity contribution in [1.82, 2.24) is 5.43 Å². The van der Waals surface area contributed by atoms with Gasteiger partial charge >= 0.3 is 0 Å². The van der Waals surface area contributed by atoms with E-state index in [1.807, 2.05) is 30.3 Å². The van der Waals surface area contributed by atoms with Gasteiger partial charge in [-0.25, -0.2) is 5.43 Å². The Balaban J connectivity index is 1.82. The number of halogens is 1. The molecule has 156 valence electrons. The lowest BCUT2D eigenvalue weighted by Gasteiger charge is -2.13. The lowest BCUT2D eigenvalue weighted by molar-refractivity contribution is -0.127. The summed E-state index contributed by atoms with van der Waals surface area (Å²) in [6.45, 7) is 4.53. The Hall–Kier alpha value is -2.54. The van der Waals surface area contributed by atoms with Gasteiger partial charge in [0, 0.05) is 10.0 Å². The largest absolute Gasteiger partial charge is 0.497 e. The molecule has 0 unspecified atom stereocenters. The minimum atomic E-state index is -0.697. The fourth-order valence-corrected chi connectivity index (χ4v) is 2.77. The number of carbonyl (C=O) groups is 1. The van der Waals surface area contributed by atoms with E-state index in [0.717, 1.165) is 35.0 Å². The fourth-order valence-electron chi connectivity index (χ4n) is 2.42. The number of carbonyl (C=O) groups excluding carboxylic acids is 1. The molecule has 0 aliphatic carbocycles. The molecule has 2 rings (SSSR count). The maximum atomic E-state index is 12.2. The van der Waals surface area contributed by atoms with Crippen molar-refractivity contribution >= 4 is 28.1 Å². The maximum Gasteiger partial charge on any atom is 0.280 e. The summed E-state index contributed by atoms with van der Waals surface area (Å²) >= 11 is 3.43. The number of hydrogen-bond donors (Lipinski definition) is 1. The predicted molar refractivity (Wildman–Crippen MR) is 118 cm³/mol. The van der Waals surface area contributed by atoms with Gasteiger partial charge in [0.15, 0.2) is 6.10 Å². The standard InChI is InChI=1S/C22H27BrN2O4/c1-4-5-6-13-28-18-7-9-19(10-8-18)29-16(2)22(26)25-24-15-17-14-20(27-3)11-12-21(17)23/h7-12,14-16H,4-6,13H2,1-3H3,(H,25,26)/t16-/m0/s1. The van der Waals surface area contributed by atoms with Crippen LogP contribution in [0.25, 0.3) is 0 Å². The van der Waals surface area contributed by atoms with Gasteiger partial charge < -0.3 is 14.2 Å². The number of hydrazone groups is 1. The molecular formula is C22H27BrN2O4. The highest BCUT2D eigenvalue weighted by atomic mass is 79.9. The van der Waals surface area contributed by atoms with Crippen molar-refractivity contribution in [3.05, 3.63) is 52.5 Å². The molecule has 1 atom stereocenters. The van der Waals surface area contributed by atoms with E-state index < -0.39 is 6.10 Å². The van der Waals surface area contributed by atoms with Crippen LogP contribution in [0, 0.1) is 0 Å². The van der Waals surface area contributed by atoms with Gasteiger partial charge in [-0.3, -0.25) is 4.79 Å². The maximum absolute atomic E-state index is 12.2. The van der Waals surface area contributed by atoms with E-state index in [2.05, 4.69) is 33.4 Å². The number of ether oxygens (including phenoxy) is 3. The molecule has 0 spiro atoms. The molecule has 0 heterocycles. The first kappa shape index (κ1) is 22.7. The first-order chi connectivity index (χ1) is 14.0. The molecule has 2 aromatic rings. The smallest absolute Gasteiger partial charge is 0.280 e. The Kier molecular flexibility index (Phi) is 9.50. The topological polar surface area (TPSA) is 69.2 Å². The third kappa shape index (κ3) is 7.77. The van der Waals surface area contributed by atoms with Gasteiger partial charge in [-0.15, -0.1) is 0 Å². The van der Waals surface area contributed by atoms with Crippen LogP contribution in [0.5, 0.6) is 17.2 Å². The first-order valence-corrected chi connectivity index (χ1v) is 10.4. The summed E-state index contributed by atoms with van der Waals surface area (Å²) in [7, 11) is 1.59. The Labute approximate surface area is 180 Å². The average Bonchev–Trinajstić information content (AvgIpc) is 2.73. The number of rotatable bonds is 11. The molecule has 0 saturated carbocycles. The molecule has 0 aliphatic heterocycles. The minimum absolute atomic E-state index is 0.347. The van der Waals surface area contributed by atoms with Gasteiger partial charge in [0.05, 0.1) is 19.9 Å². The zero-order valence-corrected chi connectivity index (χ0v) is 18.6. The number of methoxy groups -OCH3 is 1. The lowest BCUT2D eigenvalue weighted by atomic mass is 10.2. The monoisotopic (exact) mass is 462 g/mol. The Morgan fingerprint density at radius 3 is 2.52 bits per heavy atom. The summed E-state index contributed by atoms with van der Waals surface area (Å²) in [6, 6.07) is 12.7. The molecule has 1 N–H and O–H groups in total. The molecule has 7 heteroatoms. The van der Waals surface area contributed by atoms with Gasteiger partial charge in [-0.05, 0) is 55.8 Å². The van der Waals surface area contributed by atoms with Crippen LogP contribution in [0.4, 0.5) is 0 Å². The van der Waals surface area contributed by atoms with E-state index in [1.54, 1.807) is 32.4 Å². The highest BCUT2D eigenvalue weighted by molar-refractivity contribution is 9.10. The van der Waals surface area contributed by atoms with Crippen molar-refractivity contribution in [3.63, 3.8) is 0 Å². The van der Waals surface area contributed by atoms with Crippen molar-refractivity contribution < 1.29 is 19.0 Å². The highest BCUT2D eigenvalue weighted by Crippen LogP contribution is 2.21. The number of amides is 1. The van der Waals surface area contributed by atoms with Crippen LogP contribution in [0.2, 0.25) is 0 Å². The zero-order valence-electron chi connectivity index (χ0n) is 17.0. The SMILES string of the molecule is CCCCCOc1ccc(O[C@@H](C)C(=O)NN=Cc2cc(OC)ccc2Br)cc1. The van der Waals surface area contributed by atoms with E-state index >= 15 is 0 Å². The minimum Gasteiger partial charge on any atom is -0.497 e. The molecule has 0 aromatic heterocycles.